The van der Waals surface area contributed by atoms with Crippen LogP contribution in [-0.2, 0) is 6.54 Å². The highest BCUT2D eigenvalue weighted by molar-refractivity contribution is 5.93. The lowest BCUT2D eigenvalue weighted by Gasteiger charge is -2.11. The summed E-state index contributed by atoms with van der Waals surface area (Å²) < 4.78 is 0. The van der Waals surface area contributed by atoms with Gasteiger partial charge < -0.3 is 10.6 Å². The lowest BCUT2D eigenvalue weighted by molar-refractivity contribution is 0.908. The number of para-hydroxylation sites is 1. The van der Waals surface area contributed by atoms with E-state index in [9.17, 15) is 0 Å². The van der Waals surface area contributed by atoms with E-state index in [0.717, 1.165) is 18.2 Å². The van der Waals surface area contributed by atoms with Gasteiger partial charge in [-0.05, 0) is 17.7 Å². The van der Waals surface area contributed by atoms with E-state index in [0.29, 0.717) is 0 Å². The molecule has 0 aliphatic carbocycles. The van der Waals surface area contributed by atoms with Gasteiger partial charge in [-0.25, -0.2) is 0 Å². The van der Waals surface area contributed by atoms with Crippen LogP contribution in [0.1, 0.15) is 5.56 Å². The zero-order valence-electron chi connectivity index (χ0n) is 10.4. The average Bonchev–Trinajstić information content (AvgIpc) is 2.45. The Morgan fingerprint density at radius 1 is 0.944 bits per heavy atom. The normalized spacial score (nSPS) is 11.1. The Balaban J connectivity index is 1.91. The van der Waals surface area contributed by atoms with Gasteiger partial charge in [-0.2, -0.15) is 0 Å². The fourth-order valence-electron chi connectivity index (χ4n) is 1.62. The van der Waals surface area contributed by atoms with Gasteiger partial charge in [0, 0.05) is 19.3 Å². The van der Waals surface area contributed by atoms with Gasteiger partial charge in [-0.3, -0.25) is 4.99 Å². The van der Waals surface area contributed by atoms with Crippen molar-refractivity contribution in [2.45, 2.75) is 6.54 Å². The summed E-state index contributed by atoms with van der Waals surface area (Å²) in [6.07, 6.45) is 0. The molecule has 18 heavy (non-hydrogen) atoms. The zero-order chi connectivity index (χ0) is 12.6. The van der Waals surface area contributed by atoms with E-state index in [1.165, 1.54) is 5.56 Å². The van der Waals surface area contributed by atoms with Crippen molar-refractivity contribution >= 4 is 11.6 Å². The minimum absolute atomic E-state index is 0.757. The highest BCUT2D eigenvalue weighted by atomic mass is 15.2. The molecular weight excluding hydrogens is 222 g/mol. The number of aliphatic imine (C=N–C) groups is 1. The quantitative estimate of drug-likeness (QED) is 0.638. The van der Waals surface area contributed by atoms with Gasteiger partial charge in [0.2, 0.25) is 0 Å². The maximum atomic E-state index is 4.19. The van der Waals surface area contributed by atoms with Crippen LogP contribution >= 0.6 is 0 Å². The van der Waals surface area contributed by atoms with E-state index >= 15 is 0 Å². The smallest absolute Gasteiger partial charge is 0.195 e. The minimum Gasteiger partial charge on any atom is -0.352 e. The highest BCUT2D eigenvalue weighted by Gasteiger charge is 1.98. The van der Waals surface area contributed by atoms with E-state index in [4.69, 9.17) is 0 Å². The number of nitrogens with zero attached hydrogens (tertiary/aromatic N) is 1. The molecule has 3 heteroatoms. The Kier molecular flexibility index (Phi) is 4.36. The molecule has 0 aromatic heterocycles. The number of anilines is 1. The summed E-state index contributed by atoms with van der Waals surface area (Å²) in [7, 11) is 1.77. The molecule has 0 aliphatic heterocycles. The van der Waals surface area contributed by atoms with Crippen LogP contribution in [0.15, 0.2) is 65.7 Å². The second kappa shape index (κ2) is 6.45. The summed E-state index contributed by atoms with van der Waals surface area (Å²) in [4.78, 5) is 4.19. The summed E-state index contributed by atoms with van der Waals surface area (Å²) in [5.41, 5.74) is 2.26. The lowest BCUT2D eigenvalue weighted by atomic mass is 10.2. The van der Waals surface area contributed by atoms with E-state index in [1.54, 1.807) is 7.05 Å². The molecule has 0 aliphatic rings. The topological polar surface area (TPSA) is 36.4 Å². The predicted molar refractivity (Wildman–Crippen MR) is 76.7 cm³/mol. The highest BCUT2D eigenvalue weighted by Crippen LogP contribution is 2.04. The molecule has 0 spiro atoms. The molecule has 0 atom stereocenters. The molecule has 92 valence electrons. The van der Waals surface area contributed by atoms with Crippen molar-refractivity contribution < 1.29 is 0 Å². The molecular formula is C15H17N3. The fraction of sp³-hybridized carbons (Fsp3) is 0.133. The first-order chi connectivity index (χ1) is 8.88. The predicted octanol–water partition coefficient (Wildman–Crippen LogP) is 2.87. The third kappa shape index (κ3) is 3.63. The van der Waals surface area contributed by atoms with Crippen molar-refractivity contribution in [3.63, 3.8) is 0 Å². The van der Waals surface area contributed by atoms with Crippen LogP contribution < -0.4 is 10.6 Å². The maximum absolute atomic E-state index is 4.19. The molecule has 2 rings (SSSR count). The molecule has 2 N–H and O–H groups in total. The van der Waals surface area contributed by atoms with Crippen molar-refractivity contribution in [1.29, 1.82) is 0 Å². The van der Waals surface area contributed by atoms with Gasteiger partial charge in [0.05, 0.1) is 0 Å². The molecule has 3 nitrogen and oxygen atoms in total. The van der Waals surface area contributed by atoms with Crippen molar-refractivity contribution in [3.05, 3.63) is 66.2 Å². The van der Waals surface area contributed by atoms with Gasteiger partial charge >= 0.3 is 0 Å². The van der Waals surface area contributed by atoms with E-state index < -0.39 is 0 Å². The van der Waals surface area contributed by atoms with Crippen molar-refractivity contribution in [2.75, 3.05) is 12.4 Å². The lowest BCUT2D eigenvalue weighted by Crippen LogP contribution is -2.30. The summed E-state index contributed by atoms with van der Waals surface area (Å²) in [6, 6.07) is 20.2. The van der Waals surface area contributed by atoms with E-state index in [2.05, 4.69) is 27.8 Å². The molecule has 0 amide bonds. The van der Waals surface area contributed by atoms with Gasteiger partial charge in [-0.1, -0.05) is 48.5 Å². The minimum atomic E-state index is 0.757. The number of hydrogen-bond donors (Lipinski definition) is 2. The van der Waals surface area contributed by atoms with Gasteiger partial charge in [-0.15, -0.1) is 0 Å². The largest absolute Gasteiger partial charge is 0.352 e. The van der Waals surface area contributed by atoms with Crippen LogP contribution in [0.2, 0.25) is 0 Å². The first kappa shape index (κ1) is 12.2. The Morgan fingerprint density at radius 2 is 1.56 bits per heavy atom. The SMILES string of the molecule is CN=C(NCc1ccccc1)Nc1ccccc1. The van der Waals surface area contributed by atoms with E-state index in [-0.39, 0.29) is 0 Å². The Bertz CT molecular complexity index is 492. The summed E-state index contributed by atoms with van der Waals surface area (Å²) in [5, 5.41) is 6.51. The Labute approximate surface area is 108 Å². The molecule has 0 radical (unpaired) electrons. The third-order valence-electron chi connectivity index (χ3n) is 2.56. The second-order valence-electron chi connectivity index (χ2n) is 3.90. The number of guanidine groups is 1. The van der Waals surface area contributed by atoms with Crippen LogP contribution in [-0.4, -0.2) is 13.0 Å². The van der Waals surface area contributed by atoms with Crippen LogP contribution in [0.4, 0.5) is 5.69 Å². The molecule has 0 fully saturated rings. The first-order valence-corrected chi connectivity index (χ1v) is 5.95. The van der Waals surface area contributed by atoms with Crippen molar-refractivity contribution in [1.82, 2.24) is 5.32 Å². The van der Waals surface area contributed by atoms with Crippen LogP contribution in [0, 0.1) is 0 Å². The zero-order valence-corrected chi connectivity index (χ0v) is 10.4. The van der Waals surface area contributed by atoms with Crippen LogP contribution in [0.3, 0.4) is 0 Å². The molecule has 0 saturated heterocycles. The fourth-order valence-corrected chi connectivity index (χ4v) is 1.62. The standard InChI is InChI=1S/C15H17N3/c1-16-15(18-14-10-6-3-7-11-14)17-12-13-8-4-2-5-9-13/h2-11H,12H2,1H3,(H2,16,17,18). The van der Waals surface area contributed by atoms with Crippen molar-refractivity contribution in [3.8, 4) is 0 Å². The number of hydrogen-bond acceptors (Lipinski definition) is 1. The average molecular weight is 239 g/mol. The number of benzene rings is 2. The molecule has 2 aromatic carbocycles. The Morgan fingerprint density at radius 3 is 2.17 bits per heavy atom. The number of nitrogens with one attached hydrogen (secondary N) is 2. The van der Waals surface area contributed by atoms with Gasteiger partial charge in [0.15, 0.2) is 5.96 Å². The maximum Gasteiger partial charge on any atom is 0.195 e. The molecule has 0 saturated carbocycles. The summed E-state index contributed by atoms with van der Waals surface area (Å²) in [5.74, 6) is 0.769. The Hall–Kier alpha value is -2.29. The third-order valence-corrected chi connectivity index (χ3v) is 2.56. The van der Waals surface area contributed by atoms with Crippen molar-refractivity contribution in [2.24, 2.45) is 4.99 Å². The van der Waals surface area contributed by atoms with Gasteiger partial charge in [0.25, 0.3) is 0 Å². The summed E-state index contributed by atoms with van der Waals surface area (Å²) in [6.45, 7) is 0.757. The molecule has 2 aromatic rings. The number of rotatable bonds is 3. The van der Waals surface area contributed by atoms with Gasteiger partial charge in [0.1, 0.15) is 0 Å². The van der Waals surface area contributed by atoms with Crippen LogP contribution in [0.5, 0.6) is 0 Å². The molecule has 0 heterocycles. The van der Waals surface area contributed by atoms with E-state index in [1.807, 2.05) is 48.5 Å². The first-order valence-electron chi connectivity index (χ1n) is 5.95. The second-order valence-corrected chi connectivity index (χ2v) is 3.90. The summed E-state index contributed by atoms with van der Waals surface area (Å²) >= 11 is 0. The van der Waals surface area contributed by atoms with Crippen LogP contribution in [0.25, 0.3) is 0 Å². The molecule has 0 bridgehead atoms. The monoisotopic (exact) mass is 239 g/mol. The molecule has 0 unspecified atom stereocenters.